The Morgan fingerprint density at radius 2 is 2.00 bits per heavy atom. The highest BCUT2D eigenvalue weighted by atomic mass is 35.5. The van der Waals surface area contributed by atoms with Crippen molar-refractivity contribution in [2.45, 2.75) is 51.4 Å². The van der Waals surface area contributed by atoms with Crippen molar-refractivity contribution in [1.29, 1.82) is 0 Å². The maximum absolute atomic E-state index is 13.0. The van der Waals surface area contributed by atoms with Gasteiger partial charge in [0.1, 0.15) is 23.8 Å². The first-order chi connectivity index (χ1) is 9.73. The molecule has 0 heterocycles. The first-order valence-corrected chi connectivity index (χ1v) is 7.21. The Kier molecular flexibility index (Phi) is 4.61. The molecule has 6 heteroatoms. The van der Waals surface area contributed by atoms with Crippen molar-refractivity contribution in [2.24, 2.45) is 0 Å². The van der Waals surface area contributed by atoms with Crippen molar-refractivity contribution in [3.63, 3.8) is 0 Å². The van der Waals surface area contributed by atoms with Crippen LogP contribution in [-0.4, -0.2) is 23.8 Å². The van der Waals surface area contributed by atoms with E-state index in [2.05, 4.69) is 5.32 Å². The molecular weight excluding hydrogens is 297 g/mol. The van der Waals surface area contributed by atoms with E-state index in [1.807, 2.05) is 20.8 Å². The van der Waals surface area contributed by atoms with Crippen LogP contribution < -0.4 is 10.1 Å². The fraction of sp³-hybridized carbons (Fsp3) is 0.533. The van der Waals surface area contributed by atoms with Gasteiger partial charge in [-0.1, -0.05) is 11.6 Å². The van der Waals surface area contributed by atoms with Crippen LogP contribution in [0.5, 0.6) is 5.75 Å². The molecule has 1 aromatic carbocycles. The Labute approximate surface area is 128 Å². The number of rotatable bonds is 3. The fourth-order valence-corrected chi connectivity index (χ4v) is 2.11. The Balaban J connectivity index is 1.74. The molecule has 0 unspecified atom stereocenters. The van der Waals surface area contributed by atoms with Crippen molar-refractivity contribution < 1.29 is 18.7 Å². The summed E-state index contributed by atoms with van der Waals surface area (Å²) in [6, 6.07) is 4.24. The third-order valence-electron chi connectivity index (χ3n) is 3.00. The average Bonchev–Trinajstić information content (AvgIpc) is 2.28. The molecule has 0 bridgehead atoms. The lowest BCUT2D eigenvalue weighted by Crippen LogP contribution is -2.46. The standard InChI is InChI=1S/C15H19ClFNO3/c1-15(2,3)18-14(19)21-11-6-10(7-11)20-9-4-5-13(17)12(16)8-9/h4-5,8,10-11H,6-7H2,1-3H3,(H,18,19). The molecule has 21 heavy (non-hydrogen) atoms. The summed E-state index contributed by atoms with van der Waals surface area (Å²) in [5, 5.41) is 2.77. The second-order valence-corrected chi connectivity index (χ2v) is 6.60. The second-order valence-electron chi connectivity index (χ2n) is 6.19. The highest BCUT2D eigenvalue weighted by Gasteiger charge is 2.34. The van der Waals surface area contributed by atoms with Crippen LogP contribution in [0, 0.1) is 5.82 Å². The van der Waals surface area contributed by atoms with E-state index in [-0.39, 0.29) is 22.8 Å². The van der Waals surface area contributed by atoms with E-state index >= 15 is 0 Å². The summed E-state index contributed by atoms with van der Waals surface area (Å²) in [7, 11) is 0. The summed E-state index contributed by atoms with van der Waals surface area (Å²) < 4.78 is 23.9. The third kappa shape index (κ3) is 4.77. The van der Waals surface area contributed by atoms with Crippen LogP contribution in [0.2, 0.25) is 5.02 Å². The summed E-state index contributed by atoms with van der Waals surface area (Å²) in [4.78, 5) is 11.6. The van der Waals surface area contributed by atoms with Gasteiger partial charge in [-0.2, -0.15) is 0 Å². The van der Waals surface area contributed by atoms with Crippen LogP contribution in [0.4, 0.5) is 9.18 Å². The number of alkyl carbamates (subject to hydrolysis) is 1. The van der Waals surface area contributed by atoms with E-state index in [1.54, 1.807) is 0 Å². The molecule has 1 aliphatic rings. The molecule has 1 N–H and O–H groups in total. The van der Waals surface area contributed by atoms with E-state index in [0.717, 1.165) is 0 Å². The smallest absolute Gasteiger partial charge is 0.407 e. The van der Waals surface area contributed by atoms with E-state index in [0.29, 0.717) is 18.6 Å². The minimum Gasteiger partial charge on any atom is -0.490 e. The average molecular weight is 316 g/mol. The number of hydrogen-bond donors (Lipinski definition) is 1. The van der Waals surface area contributed by atoms with Crippen LogP contribution in [-0.2, 0) is 4.74 Å². The molecule has 1 amide bonds. The molecule has 1 aliphatic carbocycles. The molecule has 116 valence electrons. The fourth-order valence-electron chi connectivity index (χ4n) is 1.94. The Bertz CT molecular complexity index is 524. The topological polar surface area (TPSA) is 47.6 Å². The Morgan fingerprint density at radius 1 is 1.33 bits per heavy atom. The first kappa shape index (κ1) is 15.9. The highest BCUT2D eigenvalue weighted by molar-refractivity contribution is 6.30. The van der Waals surface area contributed by atoms with Gasteiger partial charge in [0.25, 0.3) is 0 Å². The molecule has 1 fully saturated rings. The van der Waals surface area contributed by atoms with E-state index in [9.17, 15) is 9.18 Å². The molecule has 2 rings (SSSR count). The molecule has 1 saturated carbocycles. The van der Waals surface area contributed by atoms with Gasteiger partial charge in [0.05, 0.1) is 5.02 Å². The number of halogens is 2. The summed E-state index contributed by atoms with van der Waals surface area (Å²) in [6.07, 6.45) is 0.627. The van der Waals surface area contributed by atoms with Crippen molar-refractivity contribution in [3.05, 3.63) is 29.0 Å². The molecule has 4 nitrogen and oxygen atoms in total. The van der Waals surface area contributed by atoms with Crippen LogP contribution in [0.15, 0.2) is 18.2 Å². The van der Waals surface area contributed by atoms with Gasteiger partial charge in [0, 0.05) is 24.4 Å². The van der Waals surface area contributed by atoms with Crippen LogP contribution >= 0.6 is 11.6 Å². The number of nitrogens with one attached hydrogen (secondary N) is 1. The quantitative estimate of drug-likeness (QED) is 0.920. The van der Waals surface area contributed by atoms with Crippen molar-refractivity contribution in [3.8, 4) is 5.75 Å². The SMILES string of the molecule is CC(C)(C)NC(=O)OC1CC(Oc2ccc(F)c(Cl)c2)C1. The molecular formula is C15H19ClFNO3. The summed E-state index contributed by atoms with van der Waals surface area (Å²) >= 11 is 5.68. The van der Waals surface area contributed by atoms with E-state index in [4.69, 9.17) is 21.1 Å². The molecule has 0 aliphatic heterocycles. The second kappa shape index (κ2) is 6.10. The number of benzene rings is 1. The first-order valence-electron chi connectivity index (χ1n) is 6.83. The highest BCUT2D eigenvalue weighted by Crippen LogP contribution is 2.30. The number of amides is 1. The lowest BCUT2D eigenvalue weighted by Gasteiger charge is -2.35. The van der Waals surface area contributed by atoms with Crippen LogP contribution in [0.3, 0.4) is 0 Å². The van der Waals surface area contributed by atoms with Gasteiger partial charge in [-0.25, -0.2) is 9.18 Å². The monoisotopic (exact) mass is 315 g/mol. The number of carbonyl (C=O) groups excluding carboxylic acids is 1. The Hall–Kier alpha value is -1.49. The number of hydrogen-bond acceptors (Lipinski definition) is 3. The molecule has 0 atom stereocenters. The maximum Gasteiger partial charge on any atom is 0.407 e. The van der Waals surface area contributed by atoms with Crippen molar-refractivity contribution in [2.75, 3.05) is 0 Å². The third-order valence-corrected chi connectivity index (χ3v) is 3.29. The predicted octanol–water partition coefficient (Wildman–Crippen LogP) is 3.91. The van der Waals surface area contributed by atoms with Gasteiger partial charge < -0.3 is 14.8 Å². The largest absolute Gasteiger partial charge is 0.490 e. The molecule has 1 aromatic rings. The zero-order valence-electron chi connectivity index (χ0n) is 12.3. The maximum atomic E-state index is 13.0. The van der Waals surface area contributed by atoms with Gasteiger partial charge in [0.15, 0.2) is 0 Å². The zero-order chi connectivity index (χ0) is 15.6. The molecule has 0 saturated heterocycles. The van der Waals surface area contributed by atoms with Gasteiger partial charge in [0.2, 0.25) is 0 Å². The van der Waals surface area contributed by atoms with Crippen LogP contribution in [0.25, 0.3) is 0 Å². The van der Waals surface area contributed by atoms with Crippen molar-refractivity contribution >= 4 is 17.7 Å². The van der Waals surface area contributed by atoms with Crippen molar-refractivity contribution in [1.82, 2.24) is 5.32 Å². The minimum absolute atomic E-state index is 0.0316. The molecule has 0 aromatic heterocycles. The zero-order valence-corrected chi connectivity index (χ0v) is 13.0. The lowest BCUT2D eigenvalue weighted by molar-refractivity contribution is -0.0243. The van der Waals surface area contributed by atoms with Gasteiger partial charge in [-0.3, -0.25) is 0 Å². The molecule has 0 radical (unpaired) electrons. The normalized spacial score (nSPS) is 21.4. The predicted molar refractivity (Wildman–Crippen MR) is 78.2 cm³/mol. The Morgan fingerprint density at radius 3 is 2.57 bits per heavy atom. The summed E-state index contributed by atoms with van der Waals surface area (Å²) in [5.74, 6) is 0.0432. The van der Waals surface area contributed by atoms with Gasteiger partial charge >= 0.3 is 6.09 Å². The van der Waals surface area contributed by atoms with E-state index in [1.165, 1.54) is 18.2 Å². The van der Waals surface area contributed by atoms with Crippen LogP contribution in [0.1, 0.15) is 33.6 Å². The summed E-state index contributed by atoms with van der Waals surface area (Å²) in [6.45, 7) is 5.66. The molecule has 0 spiro atoms. The summed E-state index contributed by atoms with van der Waals surface area (Å²) in [5.41, 5.74) is -0.318. The van der Waals surface area contributed by atoms with E-state index < -0.39 is 11.9 Å². The number of ether oxygens (including phenoxy) is 2. The van der Waals surface area contributed by atoms with Gasteiger partial charge in [-0.05, 0) is 32.9 Å². The van der Waals surface area contributed by atoms with Gasteiger partial charge in [-0.15, -0.1) is 0 Å². The minimum atomic E-state index is -0.474. The lowest BCUT2D eigenvalue weighted by atomic mass is 9.92. The number of carbonyl (C=O) groups is 1.